The normalized spacial score (nSPS) is 10.2. The van der Waals surface area contributed by atoms with Crippen molar-refractivity contribution in [1.82, 2.24) is 10.6 Å². The van der Waals surface area contributed by atoms with Crippen LogP contribution in [0.2, 0.25) is 10.0 Å². The largest absolute Gasteiger partial charge is 0.493 e. The number of nitrogens with one attached hydrogen (secondary N) is 2. The lowest BCUT2D eigenvalue weighted by Gasteiger charge is -2.13. The van der Waals surface area contributed by atoms with E-state index in [4.69, 9.17) is 40.2 Å². The molecule has 4 nitrogen and oxygen atoms in total. The van der Waals surface area contributed by atoms with Gasteiger partial charge in [-0.3, -0.25) is 10.1 Å². The number of carbonyl (C=O) groups is 1. The highest BCUT2D eigenvalue weighted by atomic mass is 79.9. The third-order valence-corrected chi connectivity index (χ3v) is 4.49. The second kappa shape index (κ2) is 9.38. The molecule has 0 fully saturated rings. The summed E-state index contributed by atoms with van der Waals surface area (Å²) >= 11 is 20.5. The van der Waals surface area contributed by atoms with E-state index in [1.165, 1.54) is 0 Å². The Bertz CT molecular complexity index is 802. The van der Waals surface area contributed by atoms with Crippen molar-refractivity contribution >= 4 is 62.4 Å². The molecule has 0 radical (unpaired) electrons. The molecule has 2 N–H and O–H groups in total. The number of hydrogen-bond acceptors (Lipinski definition) is 3. The van der Waals surface area contributed by atoms with Gasteiger partial charge in [0, 0.05) is 21.1 Å². The van der Waals surface area contributed by atoms with Gasteiger partial charge in [0.05, 0.1) is 12.2 Å². The van der Waals surface area contributed by atoms with Gasteiger partial charge in [-0.15, -0.1) is 0 Å². The van der Waals surface area contributed by atoms with Gasteiger partial charge >= 0.3 is 0 Å². The first-order valence-corrected chi connectivity index (χ1v) is 9.32. The minimum atomic E-state index is -0.357. The molecule has 0 aliphatic heterocycles. The summed E-state index contributed by atoms with van der Waals surface area (Å²) in [5.41, 5.74) is 1.21. The lowest BCUT2D eigenvalue weighted by atomic mass is 10.2. The molecule has 8 heteroatoms. The van der Waals surface area contributed by atoms with Crippen molar-refractivity contribution < 1.29 is 9.53 Å². The number of amides is 1. The van der Waals surface area contributed by atoms with Gasteiger partial charge in [0.25, 0.3) is 5.91 Å². The van der Waals surface area contributed by atoms with Crippen LogP contribution in [-0.4, -0.2) is 17.6 Å². The number of hydrogen-bond donors (Lipinski definition) is 2. The standard InChI is InChI=1S/C17H15BrCl2N2O2S/c1-2-24-15-6-4-11(18)7-13(15)16(23)22-17(25)21-9-10-3-5-12(19)8-14(10)20/h3-8H,2,9H2,1H3,(H2,21,22,23,25). The van der Waals surface area contributed by atoms with Gasteiger partial charge in [-0.05, 0) is 55.0 Å². The highest BCUT2D eigenvalue weighted by Gasteiger charge is 2.14. The number of thiocarbonyl (C=S) groups is 1. The summed E-state index contributed by atoms with van der Waals surface area (Å²) in [7, 11) is 0. The van der Waals surface area contributed by atoms with Crippen LogP contribution < -0.4 is 15.4 Å². The van der Waals surface area contributed by atoms with Gasteiger partial charge in [-0.25, -0.2) is 0 Å². The zero-order chi connectivity index (χ0) is 18.4. The maximum absolute atomic E-state index is 12.4. The first-order chi connectivity index (χ1) is 11.9. The SMILES string of the molecule is CCOc1ccc(Br)cc1C(=O)NC(=S)NCc1ccc(Cl)cc1Cl. The van der Waals surface area contributed by atoms with Crippen molar-refractivity contribution in [2.24, 2.45) is 0 Å². The molecule has 25 heavy (non-hydrogen) atoms. The molecule has 0 saturated heterocycles. The monoisotopic (exact) mass is 460 g/mol. The molecule has 2 rings (SSSR count). The Hall–Kier alpha value is -1.34. The van der Waals surface area contributed by atoms with Crippen molar-refractivity contribution in [3.8, 4) is 5.75 Å². The Morgan fingerprint density at radius 2 is 2.00 bits per heavy atom. The predicted octanol–water partition coefficient (Wildman–Crippen LogP) is 4.96. The molecule has 0 bridgehead atoms. The maximum atomic E-state index is 12.4. The van der Waals surface area contributed by atoms with E-state index in [2.05, 4.69) is 26.6 Å². The Morgan fingerprint density at radius 3 is 2.68 bits per heavy atom. The fourth-order valence-electron chi connectivity index (χ4n) is 2.02. The Labute approximate surface area is 170 Å². The van der Waals surface area contributed by atoms with Crippen LogP contribution in [0.15, 0.2) is 40.9 Å². The van der Waals surface area contributed by atoms with E-state index in [-0.39, 0.29) is 11.0 Å². The van der Waals surface area contributed by atoms with E-state index in [0.29, 0.717) is 34.5 Å². The fraction of sp³-hybridized carbons (Fsp3) is 0.176. The lowest BCUT2D eigenvalue weighted by molar-refractivity contribution is 0.0973. The van der Waals surface area contributed by atoms with Crippen molar-refractivity contribution in [3.05, 3.63) is 62.0 Å². The minimum absolute atomic E-state index is 0.193. The molecule has 0 atom stereocenters. The number of carbonyl (C=O) groups excluding carboxylic acids is 1. The average molecular weight is 462 g/mol. The number of halogens is 3. The average Bonchev–Trinajstić information content (AvgIpc) is 2.55. The molecule has 0 unspecified atom stereocenters. The molecule has 0 aliphatic carbocycles. The van der Waals surface area contributed by atoms with Crippen LogP contribution in [0, 0.1) is 0 Å². The Balaban J connectivity index is 2.00. The summed E-state index contributed by atoms with van der Waals surface area (Å²) in [5, 5.41) is 6.86. The van der Waals surface area contributed by atoms with Crippen LogP contribution in [-0.2, 0) is 6.54 Å². The van der Waals surface area contributed by atoms with E-state index in [1.54, 1.807) is 36.4 Å². The summed E-state index contributed by atoms with van der Waals surface area (Å²) in [4.78, 5) is 12.4. The molecule has 132 valence electrons. The third-order valence-electron chi connectivity index (χ3n) is 3.17. The molecule has 1 amide bonds. The molecule has 0 aromatic heterocycles. The molecule has 2 aromatic rings. The molecule has 0 saturated carbocycles. The summed E-state index contributed by atoms with van der Waals surface area (Å²) in [6.07, 6.45) is 0. The van der Waals surface area contributed by atoms with Crippen molar-refractivity contribution in [3.63, 3.8) is 0 Å². The van der Waals surface area contributed by atoms with Crippen LogP contribution in [0.5, 0.6) is 5.75 Å². The molecule has 2 aromatic carbocycles. The molecule has 0 heterocycles. The second-order valence-electron chi connectivity index (χ2n) is 4.95. The topological polar surface area (TPSA) is 50.4 Å². The zero-order valence-corrected chi connectivity index (χ0v) is 17.2. The van der Waals surface area contributed by atoms with Crippen LogP contribution in [0.25, 0.3) is 0 Å². The minimum Gasteiger partial charge on any atom is -0.493 e. The van der Waals surface area contributed by atoms with Crippen molar-refractivity contribution in [1.29, 1.82) is 0 Å². The van der Waals surface area contributed by atoms with Crippen molar-refractivity contribution in [2.75, 3.05) is 6.61 Å². The van der Waals surface area contributed by atoms with E-state index < -0.39 is 0 Å². The summed E-state index contributed by atoms with van der Waals surface area (Å²) in [6.45, 7) is 2.68. The highest BCUT2D eigenvalue weighted by Crippen LogP contribution is 2.23. The van der Waals surface area contributed by atoms with Gasteiger partial charge in [0.1, 0.15) is 5.75 Å². The number of benzene rings is 2. The molecular formula is C17H15BrCl2N2O2S. The van der Waals surface area contributed by atoms with E-state index in [0.717, 1.165) is 10.0 Å². The number of ether oxygens (including phenoxy) is 1. The van der Waals surface area contributed by atoms with Crippen LogP contribution >= 0.6 is 51.3 Å². The van der Waals surface area contributed by atoms with Gasteiger partial charge in [-0.1, -0.05) is 45.2 Å². The third kappa shape index (κ3) is 5.85. The second-order valence-corrected chi connectivity index (χ2v) is 7.11. The number of rotatable bonds is 5. The summed E-state index contributed by atoms with van der Waals surface area (Å²) < 4.78 is 6.25. The van der Waals surface area contributed by atoms with Gasteiger partial charge in [-0.2, -0.15) is 0 Å². The fourth-order valence-corrected chi connectivity index (χ4v) is 3.02. The van der Waals surface area contributed by atoms with E-state index in [9.17, 15) is 4.79 Å². The Kier molecular flexibility index (Phi) is 7.50. The summed E-state index contributed by atoms with van der Waals surface area (Å²) in [5.74, 6) is 0.135. The van der Waals surface area contributed by atoms with Crippen LogP contribution in [0.4, 0.5) is 0 Å². The van der Waals surface area contributed by atoms with Crippen LogP contribution in [0.1, 0.15) is 22.8 Å². The van der Waals surface area contributed by atoms with Crippen LogP contribution in [0.3, 0.4) is 0 Å². The predicted molar refractivity (Wildman–Crippen MR) is 109 cm³/mol. The van der Waals surface area contributed by atoms with E-state index >= 15 is 0 Å². The molecular weight excluding hydrogens is 447 g/mol. The first kappa shape index (κ1) is 20.0. The van der Waals surface area contributed by atoms with Crippen molar-refractivity contribution in [2.45, 2.75) is 13.5 Å². The van der Waals surface area contributed by atoms with Gasteiger partial charge < -0.3 is 10.1 Å². The molecule has 0 aliphatic rings. The molecule has 0 spiro atoms. The first-order valence-electron chi connectivity index (χ1n) is 7.36. The lowest BCUT2D eigenvalue weighted by Crippen LogP contribution is -2.39. The smallest absolute Gasteiger partial charge is 0.261 e. The van der Waals surface area contributed by atoms with E-state index in [1.807, 2.05) is 6.92 Å². The zero-order valence-electron chi connectivity index (χ0n) is 13.2. The Morgan fingerprint density at radius 1 is 1.24 bits per heavy atom. The van der Waals surface area contributed by atoms with Gasteiger partial charge in [0.2, 0.25) is 0 Å². The summed E-state index contributed by atoms with van der Waals surface area (Å²) in [6, 6.07) is 10.4. The highest BCUT2D eigenvalue weighted by molar-refractivity contribution is 9.10. The van der Waals surface area contributed by atoms with Gasteiger partial charge in [0.15, 0.2) is 5.11 Å². The quantitative estimate of drug-likeness (QED) is 0.618. The maximum Gasteiger partial charge on any atom is 0.261 e.